The largest absolute Gasteiger partial charge is 0.494 e. The Hall–Kier alpha value is -1.02. The van der Waals surface area contributed by atoms with Crippen LogP contribution < -0.4 is 10.1 Å². The van der Waals surface area contributed by atoms with Gasteiger partial charge in [-0.15, -0.1) is 0 Å². The normalized spacial score (nSPS) is 16.7. The predicted molar refractivity (Wildman–Crippen MR) is 85.1 cm³/mol. The van der Waals surface area contributed by atoms with Gasteiger partial charge in [0.05, 0.1) is 6.61 Å². The summed E-state index contributed by atoms with van der Waals surface area (Å²) in [6.45, 7) is 7.47. The predicted octanol–water partition coefficient (Wildman–Crippen LogP) is 4.54. The van der Waals surface area contributed by atoms with Crippen molar-refractivity contribution in [2.24, 2.45) is 5.41 Å². The van der Waals surface area contributed by atoms with Gasteiger partial charge in [-0.25, -0.2) is 0 Å². The number of hydrogen-bond acceptors (Lipinski definition) is 2. The Labute approximate surface area is 123 Å². The van der Waals surface area contributed by atoms with Gasteiger partial charge in [0.15, 0.2) is 0 Å². The highest BCUT2D eigenvalue weighted by Crippen LogP contribution is 2.43. The molecular formula is C18H29NO. The molecular weight excluding hydrogens is 246 g/mol. The fourth-order valence-corrected chi connectivity index (χ4v) is 2.84. The Morgan fingerprint density at radius 3 is 2.45 bits per heavy atom. The molecule has 2 rings (SSSR count). The van der Waals surface area contributed by atoms with Gasteiger partial charge in [0, 0.05) is 13.1 Å². The van der Waals surface area contributed by atoms with Crippen LogP contribution in [0.2, 0.25) is 0 Å². The van der Waals surface area contributed by atoms with E-state index in [2.05, 4.69) is 43.4 Å². The van der Waals surface area contributed by atoms with E-state index in [-0.39, 0.29) is 0 Å². The van der Waals surface area contributed by atoms with Crippen LogP contribution >= 0.6 is 0 Å². The summed E-state index contributed by atoms with van der Waals surface area (Å²) < 4.78 is 5.68. The summed E-state index contributed by atoms with van der Waals surface area (Å²) in [5.74, 6) is 0.992. The second-order valence-corrected chi connectivity index (χ2v) is 6.16. The van der Waals surface area contributed by atoms with E-state index in [0.717, 1.165) is 31.9 Å². The van der Waals surface area contributed by atoms with Gasteiger partial charge in [-0.1, -0.05) is 38.8 Å². The van der Waals surface area contributed by atoms with E-state index in [1.807, 2.05) is 0 Å². The zero-order chi connectivity index (χ0) is 14.3. The summed E-state index contributed by atoms with van der Waals surface area (Å²) in [6.07, 6.45) is 7.84. The van der Waals surface area contributed by atoms with Gasteiger partial charge in [0.25, 0.3) is 0 Å². The van der Waals surface area contributed by atoms with Crippen molar-refractivity contribution in [1.29, 1.82) is 0 Å². The molecule has 0 spiro atoms. The molecule has 1 aromatic carbocycles. The molecule has 0 heterocycles. The number of hydrogen-bond donors (Lipinski definition) is 1. The van der Waals surface area contributed by atoms with Gasteiger partial charge >= 0.3 is 0 Å². The van der Waals surface area contributed by atoms with Crippen molar-refractivity contribution in [3.8, 4) is 5.75 Å². The second kappa shape index (κ2) is 7.68. The number of unbranched alkanes of at least 4 members (excludes halogenated alkanes) is 1. The lowest BCUT2D eigenvalue weighted by Gasteiger charge is -2.41. The molecule has 1 aromatic rings. The lowest BCUT2D eigenvalue weighted by molar-refractivity contribution is 0.124. The van der Waals surface area contributed by atoms with Crippen molar-refractivity contribution < 1.29 is 4.74 Å². The Morgan fingerprint density at radius 2 is 1.90 bits per heavy atom. The topological polar surface area (TPSA) is 21.3 Å². The minimum atomic E-state index is 0.600. The molecule has 0 radical (unpaired) electrons. The van der Waals surface area contributed by atoms with E-state index in [4.69, 9.17) is 4.74 Å². The lowest BCUT2D eigenvalue weighted by atomic mass is 9.67. The summed E-state index contributed by atoms with van der Waals surface area (Å²) in [5, 5.41) is 3.63. The third-order valence-electron chi connectivity index (χ3n) is 4.68. The van der Waals surface area contributed by atoms with E-state index in [9.17, 15) is 0 Å². The van der Waals surface area contributed by atoms with E-state index in [0.29, 0.717) is 5.41 Å². The number of rotatable bonds is 9. The zero-order valence-electron chi connectivity index (χ0n) is 13.1. The third-order valence-corrected chi connectivity index (χ3v) is 4.68. The molecule has 0 atom stereocenters. The van der Waals surface area contributed by atoms with Gasteiger partial charge in [0.1, 0.15) is 5.75 Å². The summed E-state index contributed by atoms with van der Waals surface area (Å²) >= 11 is 0. The minimum Gasteiger partial charge on any atom is -0.494 e. The summed E-state index contributed by atoms with van der Waals surface area (Å²) in [4.78, 5) is 0. The van der Waals surface area contributed by atoms with Gasteiger partial charge in [-0.05, 0) is 48.8 Å². The van der Waals surface area contributed by atoms with Gasteiger partial charge in [0.2, 0.25) is 0 Å². The monoisotopic (exact) mass is 275 g/mol. The quantitative estimate of drug-likeness (QED) is 0.668. The van der Waals surface area contributed by atoms with Crippen LogP contribution in [0.4, 0.5) is 0 Å². The fourth-order valence-electron chi connectivity index (χ4n) is 2.84. The standard InChI is InChI=1S/C18H29NO/c1-3-5-13-20-17-9-7-16(8-10-17)14-19-15-18(4-2)11-6-12-18/h7-10,19H,3-6,11-15H2,1-2H3. The van der Waals surface area contributed by atoms with Crippen molar-refractivity contribution in [1.82, 2.24) is 5.32 Å². The van der Waals surface area contributed by atoms with Crippen LogP contribution in [-0.2, 0) is 6.54 Å². The molecule has 112 valence electrons. The molecule has 0 aromatic heterocycles. The maximum Gasteiger partial charge on any atom is 0.119 e. The van der Waals surface area contributed by atoms with Gasteiger partial charge < -0.3 is 10.1 Å². The van der Waals surface area contributed by atoms with Crippen molar-refractivity contribution in [3.63, 3.8) is 0 Å². The lowest BCUT2D eigenvalue weighted by Crippen LogP contribution is -2.39. The van der Waals surface area contributed by atoms with E-state index in [1.165, 1.54) is 37.7 Å². The van der Waals surface area contributed by atoms with Crippen molar-refractivity contribution in [2.75, 3.05) is 13.2 Å². The first-order chi connectivity index (χ1) is 9.78. The maximum atomic E-state index is 5.68. The van der Waals surface area contributed by atoms with E-state index in [1.54, 1.807) is 0 Å². The van der Waals surface area contributed by atoms with Crippen LogP contribution in [0.3, 0.4) is 0 Å². The number of benzene rings is 1. The van der Waals surface area contributed by atoms with Crippen molar-refractivity contribution in [2.45, 2.75) is 58.9 Å². The highest BCUT2D eigenvalue weighted by atomic mass is 16.5. The smallest absolute Gasteiger partial charge is 0.119 e. The fraction of sp³-hybridized carbons (Fsp3) is 0.667. The molecule has 1 aliphatic rings. The first-order valence-corrected chi connectivity index (χ1v) is 8.20. The summed E-state index contributed by atoms with van der Waals surface area (Å²) in [7, 11) is 0. The minimum absolute atomic E-state index is 0.600. The summed E-state index contributed by atoms with van der Waals surface area (Å²) in [6, 6.07) is 8.53. The van der Waals surface area contributed by atoms with Crippen LogP contribution in [-0.4, -0.2) is 13.2 Å². The Morgan fingerprint density at radius 1 is 1.15 bits per heavy atom. The molecule has 0 amide bonds. The average Bonchev–Trinajstić information content (AvgIpc) is 2.44. The number of ether oxygens (including phenoxy) is 1. The Bertz CT molecular complexity index is 375. The zero-order valence-corrected chi connectivity index (χ0v) is 13.1. The average molecular weight is 275 g/mol. The molecule has 1 saturated carbocycles. The molecule has 20 heavy (non-hydrogen) atoms. The molecule has 2 heteroatoms. The molecule has 1 aliphatic carbocycles. The third kappa shape index (κ3) is 4.24. The Kier molecular flexibility index (Phi) is 5.90. The Balaban J connectivity index is 1.70. The molecule has 1 fully saturated rings. The van der Waals surface area contributed by atoms with Crippen LogP contribution in [0.1, 0.15) is 57.9 Å². The van der Waals surface area contributed by atoms with Crippen LogP contribution in [0.5, 0.6) is 5.75 Å². The van der Waals surface area contributed by atoms with Crippen LogP contribution in [0.25, 0.3) is 0 Å². The van der Waals surface area contributed by atoms with Crippen molar-refractivity contribution in [3.05, 3.63) is 29.8 Å². The van der Waals surface area contributed by atoms with E-state index >= 15 is 0 Å². The maximum absolute atomic E-state index is 5.68. The summed E-state index contributed by atoms with van der Waals surface area (Å²) in [5.41, 5.74) is 1.95. The number of nitrogens with one attached hydrogen (secondary N) is 1. The highest BCUT2D eigenvalue weighted by Gasteiger charge is 2.34. The molecule has 1 N–H and O–H groups in total. The highest BCUT2D eigenvalue weighted by molar-refractivity contribution is 5.27. The van der Waals surface area contributed by atoms with Gasteiger partial charge in [-0.3, -0.25) is 0 Å². The molecule has 0 unspecified atom stereocenters. The molecule has 0 aliphatic heterocycles. The molecule has 0 saturated heterocycles. The van der Waals surface area contributed by atoms with Crippen LogP contribution in [0.15, 0.2) is 24.3 Å². The molecule has 2 nitrogen and oxygen atoms in total. The SMILES string of the molecule is CCCCOc1ccc(CNCC2(CC)CCC2)cc1. The van der Waals surface area contributed by atoms with Gasteiger partial charge in [-0.2, -0.15) is 0 Å². The van der Waals surface area contributed by atoms with Crippen molar-refractivity contribution >= 4 is 0 Å². The van der Waals surface area contributed by atoms with E-state index < -0.39 is 0 Å². The first kappa shape index (κ1) is 15.4. The first-order valence-electron chi connectivity index (χ1n) is 8.20. The van der Waals surface area contributed by atoms with Crippen LogP contribution in [0, 0.1) is 5.41 Å². The second-order valence-electron chi connectivity index (χ2n) is 6.16. The molecule has 0 bridgehead atoms.